The summed E-state index contributed by atoms with van der Waals surface area (Å²) in [5.74, 6) is 0.464. The molecule has 0 unspecified atom stereocenters. The van der Waals surface area contributed by atoms with Crippen LogP contribution in [0.15, 0.2) is 47.5 Å². The zero-order valence-electron chi connectivity index (χ0n) is 9.48. The molecule has 1 aromatic rings. The van der Waals surface area contributed by atoms with Gasteiger partial charge in [0.05, 0.1) is 0 Å². The van der Waals surface area contributed by atoms with E-state index in [1.165, 1.54) is 6.08 Å². The van der Waals surface area contributed by atoms with E-state index in [9.17, 15) is 4.79 Å². The van der Waals surface area contributed by atoms with E-state index in [1.807, 2.05) is 24.3 Å². The molecule has 4 heteroatoms. The molecule has 0 aliphatic carbocycles. The molecule has 0 spiro atoms. The number of allylic oxidation sites excluding steroid dienone is 1. The topological polar surface area (TPSA) is 35.5 Å². The Labute approximate surface area is 109 Å². The van der Waals surface area contributed by atoms with Gasteiger partial charge in [-0.05, 0) is 25.1 Å². The first-order valence-electron chi connectivity index (χ1n) is 5.05. The van der Waals surface area contributed by atoms with Crippen LogP contribution >= 0.6 is 15.9 Å². The van der Waals surface area contributed by atoms with Crippen molar-refractivity contribution in [1.82, 2.24) is 0 Å². The average Bonchev–Trinajstić information content (AvgIpc) is 2.34. The van der Waals surface area contributed by atoms with Crippen LogP contribution in [0.3, 0.4) is 0 Å². The van der Waals surface area contributed by atoms with Crippen LogP contribution in [-0.2, 0) is 9.47 Å². The quantitative estimate of drug-likeness (QED) is 0.476. The molecule has 0 N–H and O–H groups in total. The Morgan fingerprint density at radius 2 is 2.06 bits per heavy atom. The molecule has 0 saturated heterocycles. The first kappa shape index (κ1) is 13.5. The van der Waals surface area contributed by atoms with Gasteiger partial charge >= 0.3 is 6.16 Å². The van der Waals surface area contributed by atoms with Crippen LogP contribution in [0.25, 0.3) is 5.76 Å². The fourth-order valence-corrected chi connectivity index (χ4v) is 1.41. The molecule has 0 fully saturated rings. The molecule has 1 rings (SSSR count). The van der Waals surface area contributed by atoms with Gasteiger partial charge in [0.25, 0.3) is 0 Å². The van der Waals surface area contributed by atoms with Crippen LogP contribution in [0.5, 0.6) is 0 Å². The van der Waals surface area contributed by atoms with Crippen molar-refractivity contribution in [2.75, 3.05) is 6.61 Å². The van der Waals surface area contributed by atoms with E-state index in [2.05, 4.69) is 22.5 Å². The average molecular weight is 297 g/mol. The smallest absolute Gasteiger partial charge is 0.430 e. The van der Waals surface area contributed by atoms with Gasteiger partial charge in [0, 0.05) is 10.0 Å². The zero-order chi connectivity index (χ0) is 12.7. The standard InChI is InChI=1S/C13H13BrO3/c1-3-9-16-13(15)17-12(4-2)10-5-7-11(14)8-6-10/h3-8H,1,9H2,2H3/b12-4-. The summed E-state index contributed by atoms with van der Waals surface area (Å²) in [5.41, 5.74) is 0.811. The molecule has 3 nitrogen and oxygen atoms in total. The number of benzene rings is 1. The lowest BCUT2D eigenvalue weighted by atomic mass is 10.2. The number of ether oxygens (including phenoxy) is 2. The number of hydrogen-bond donors (Lipinski definition) is 0. The predicted octanol–water partition coefficient (Wildman–Crippen LogP) is 4.15. The Morgan fingerprint density at radius 1 is 1.41 bits per heavy atom. The van der Waals surface area contributed by atoms with Crippen LogP contribution in [0.4, 0.5) is 4.79 Å². The maximum Gasteiger partial charge on any atom is 0.514 e. The van der Waals surface area contributed by atoms with Gasteiger partial charge < -0.3 is 9.47 Å². The maximum atomic E-state index is 11.3. The molecule has 0 aliphatic rings. The molecule has 0 heterocycles. The highest BCUT2D eigenvalue weighted by Crippen LogP contribution is 2.19. The van der Waals surface area contributed by atoms with Crippen LogP contribution in [0.2, 0.25) is 0 Å². The minimum Gasteiger partial charge on any atom is -0.430 e. The zero-order valence-corrected chi connectivity index (χ0v) is 11.1. The number of carbonyl (C=O) groups is 1. The largest absolute Gasteiger partial charge is 0.514 e. The Balaban J connectivity index is 2.69. The second kappa shape index (κ2) is 6.91. The van der Waals surface area contributed by atoms with Crippen molar-refractivity contribution in [2.24, 2.45) is 0 Å². The molecule has 0 aromatic heterocycles. The van der Waals surface area contributed by atoms with Crippen molar-refractivity contribution >= 4 is 27.8 Å². The second-order valence-corrected chi connectivity index (χ2v) is 4.03. The summed E-state index contributed by atoms with van der Waals surface area (Å²) < 4.78 is 10.8. The van der Waals surface area contributed by atoms with Crippen molar-refractivity contribution in [2.45, 2.75) is 6.92 Å². The van der Waals surface area contributed by atoms with Gasteiger partial charge in [0.2, 0.25) is 0 Å². The fraction of sp³-hybridized carbons (Fsp3) is 0.154. The van der Waals surface area contributed by atoms with Gasteiger partial charge in [-0.25, -0.2) is 4.79 Å². The summed E-state index contributed by atoms with van der Waals surface area (Å²) in [7, 11) is 0. The van der Waals surface area contributed by atoms with Crippen LogP contribution < -0.4 is 0 Å². The predicted molar refractivity (Wildman–Crippen MR) is 70.4 cm³/mol. The summed E-state index contributed by atoms with van der Waals surface area (Å²) in [6.45, 7) is 5.37. The second-order valence-electron chi connectivity index (χ2n) is 3.11. The third-order valence-electron chi connectivity index (χ3n) is 1.90. The van der Waals surface area contributed by atoms with Crippen molar-refractivity contribution < 1.29 is 14.3 Å². The molecule has 0 saturated carbocycles. The van der Waals surface area contributed by atoms with Crippen molar-refractivity contribution in [1.29, 1.82) is 0 Å². The van der Waals surface area contributed by atoms with Crippen molar-refractivity contribution in [3.8, 4) is 0 Å². The van der Waals surface area contributed by atoms with E-state index in [1.54, 1.807) is 13.0 Å². The van der Waals surface area contributed by atoms with Gasteiger partial charge in [-0.1, -0.05) is 40.7 Å². The van der Waals surface area contributed by atoms with Crippen LogP contribution in [-0.4, -0.2) is 12.8 Å². The minimum absolute atomic E-state index is 0.135. The Kier molecular flexibility index (Phi) is 5.49. The fourth-order valence-electron chi connectivity index (χ4n) is 1.14. The normalized spacial score (nSPS) is 10.8. The van der Waals surface area contributed by atoms with E-state index >= 15 is 0 Å². The third kappa shape index (κ3) is 4.44. The SMILES string of the molecule is C=CCOC(=O)O/C(=C\C)c1ccc(Br)cc1. The lowest BCUT2D eigenvalue weighted by Gasteiger charge is -2.08. The molecular formula is C13H13BrO3. The number of rotatable bonds is 4. The Morgan fingerprint density at radius 3 is 2.59 bits per heavy atom. The highest BCUT2D eigenvalue weighted by atomic mass is 79.9. The molecule has 0 amide bonds. The third-order valence-corrected chi connectivity index (χ3v) is 2.43. The first-order chi connectivity index (χ1) is 8.17. The molecule has 0 atom stereocenters. The van der Waals surface area contributed by atoms with Gasteiger partial charge in [0.1, 0.15) is 12.4 Å². The molecule has 1 aromatic carbocycles. The van der Waals surface area contributed by atoms with Gasteiger partial charge in [-0.15, -0.1) is 0 Å². The van der Waals surface area contributed by atoms with Crippen molar-refractivity contribution in [3.05, 3.63) is 53.0 Å². The summed E-state index contributed by atoms with van der Waals surface area (Å²) >= 11 is 3.34. The molecular weight excluding hydrogens is 284 g/mol. The van der Waals surface area contributed by atoms with E-state index < -0.39 is 6.16 Å². The lowest BCUT2D eigenvalue weighted by molar-refractivity contribution is 0.100. The summed E-state index contributed by atoms with van der Waals surface area (Å²) in [5, 5.41) is 0. The van der Waals surface area contributed by atoms with Gasteiger partial charge in [0.15, 0.2) is 0 Å². The van der Waals surface area contributed by atoms with Crippen molar-refractivity contribution in [3.63, 3.8) is 0 Å². The maximum absolute atomic E-state index is 11.3. The van der Waals surface area contributed by atoms with Gasteiger partial charge in [-0.2, -0.15) is 0 Å². The number of halogens is 1. The summed E-state index contributed by atoms with van der Waals surface area (Å²) in [4.78, 5) is 11.3. The molecule has 0 bridgehead atoms. The van der Waals surface area contributed by atoms with Crippen LogP contribution in [0, 0.1) is 0 Å². The van der Waals surface area contributed by atoms with E-state index in [4.69, 9.17) is 9.47 Å². The Bertz CT molecular complexity index is 421. The molecule has 17 heavy (non-hydrogen) atoms. The summed E-state index contributed by atoms with van der Waals surface area (Å²) in [6.07, 6.45) is 2.45. The highest BCUT2D eigenvalue weighted by molar-refractivity contribution is 9.10. The number of hydrogen-bond acceptors (Lipinski definition) is 3. The molecule has 0 aliphatic heterocycles. The molecule has 90 valence electrons. The highest BCUT2D eigenvalue weighted by Gasteiger charge is 2.09. The molecule has 0 radical (unpaired) electrons. The van der Waals surface area contributed by atoms with Gasteiger partial charge in [-0.3, -0.25) is 0 Å². The number of carbonyl (C=O) groups excluding carboxylic acids is 1. The van der Waals surface area contributed by atoms with Crippen LogP contribution in [0.1, 0.15) is 12.5 Å². The van der Waals surface area contributed by atoms with E-state index in [0.29, 0.717) is 5.76 Å². The minimum atomic E-state index is -0.735. The lowest BCUT2D eigenvalue weighted by Crippen LogP contribution is -2.06. The van der Waals surface area contributed by atoms with E-state index in [0.717, 1.165) is 10.0 Å². The monoisotopic (exact) mass is 296 g/mol. The first-order valence-corrected chi connectivity index (χ1v) is 5.84. The summed E-state index contributed by atoms with van der Waals surface area (Å²) in [6, 6.07) is 7.44. The Hall–Kier alpha value is -1.55. The van der Waals surface area contributed by atoms with E-state index in [-0.39, 0.29) is 6.61 Å².